The van der Waals surface area contributed by atoms with Gasteiger partial charge in [-0.2, -0.15) is 0 Å². The average molecular weight is 255 g/mol. The summed E-state index contributed by atoms with van der Waals surface area (Å²) in [5, 5.41) is 0. The first-order chi connectivity index (χ1) is 8.60. The molecule has 4 nitrogen and oxygen atoms in total. The first-order valence-electron chi connectivity index (χ1n) is 7.26. The van der Waals surface area contributed by atoms with E-state index in [2.05, 4.69) is 23.8 Å². The van der Waals surface area contributed by atoms with E-state index in [0.29, 0.717) is 0 Å². The van der Waals surface area contributed by atoms with Gasteiger partial charge >= 0.3 is 0 Å². The molecule has 2 aliphatic heterocycles. The van der Waals surface area contributed by atoms with Gasteiger partial charge in [0.05, 0.1) is 0 Å². The van der Waals surface area contributed by atoms with Crippen LogP contribution < -0.4 is 5.73 Å². The molecule has 0 aromatic rings. The first kappa shape index (κ1) is 14.3. The smallest absolute Gasteiger partial charge is 0.0480 e. The second-order valence-electron chi connectivity index (χ2n) is 6.23. The monoisotopic (exact) mass is 255 g/mol. The van der Waals surface area contributed by atoms with Gasteiger partial charge in [-0.15, -0.1) is 0 Å². The van der Waals surface area contributed by atoms with E-state index in [1.54, 1.807) is 7.11 Å². The Morgan fingerprint density at radius 3 is 2.67 bits per heavy atom. The third-order valence-corrected chi connectivity index (χ3v) is 5.20. The van der Waals surface area contributed by atoms with Crippen LogP contribution in [-0.2, 0) is 4.74 Å². The third-order valence-electron chi connectivity index (χ3n) is 5.20. The standard InChI is InChI=1S/C14H29N3O/c1-14(11-15,7-9-18-3)17-8-6-12-4-5-13(10-17)16(12)2/h12-13H,4-11,15H2,1-3H3. The van der Waals surface area contributed by atoms with E-state index in [1.165, 1.54) is 32.4 Å². The van der Waals surface area contributed by atoms with Gasteiger partial charge in [0.25, 0.3) is 0 Å². The summed E-state index contributed by atoms with van der Waals surface area (Å²) < 4.78 is 5.25. The van der Waals surface area contributed by atoms with Gasteiger partial charge in [0.1, 0.15) is 0 Å². The normalized spacial score (nSPS) is 33.3. The summed E-state index contributed by atoms with van der Waals surface area (Å²) in [4.78, 5) is 5.21. The molecule has 0 amide bonds. The van der Waals surface area contributed by atoms with Crippen molar-refractivity contribution >= 4 is 0 Å². The van der Waals surface area contributed by atoms with E-state index in [4.69, 9.17) is 10.5 Å². The molecule has 2 fully saturated rings. The summed E-state index contributed by atoms with van der Waals surface area (Å²) in [5.41, 5.74) is 6.15. The van der Waals surface area contributed by atoms with Gasteiger partial charge in [0.15, 0.2) is 0 Å². The van der Waals surface area contributed by atoms with Crippen LogP contribution in [0.25, 0.3) is 0 Å². The highest BCUT2D eigenvalue weighted by molar-refractivity contribution is 4.97. The van der Waals surface area contributed by atoms with E-state index in [9.17, 15) is 0 Å². The van der Waals surface area contributed by atoms with Gasteiger partial charge in [-0.25, -0.2) is 0 Å². The number of likely N-dealkylation sites (N-methyl/N-ethyl adjacent to an activating group) is 1. The molecular formula is C14H29N3O. The number of nitrogens with zero attached hydrogens (tertiary/aromatic N) is 2. The molecule has 2 heterocycles. The number of methoxy groups -OCH3 is 1. The van der Waals surface area contributed by atoms with Gasteiger partial charge < -0.3 is 10.5 Å². The Labute approximate surface area is 111 Å². The van der Waals surface area contributed by atoms with Crippen LogP contribution in [0.2, 0.25) is 0 Å². The largest absolute Gasteiger partial charge is 0.385 e. The van der Waals surface area contributed by atoms with E-state index >= 15 is 0 Å². The van der Waals surface area contributed by atoms with Crippen molar-refractivity contribution < 1.29 is 4.74 Å². The second-order valence-corrected chi connectivity index (χ2v) is 6.23. The third kappa shape index (κ3) is 2.72. The van der Waals surface area contributed by atoms with Crippen molar-refractivity contribution in [3.8, 4) is 0 Å². The first-order valence-corrected chi connectivity index (χ1v) is 7.26. The quantitative estimate of drug-likeness (QED) is 0.793. The molecule has 0 aromatic carbocycles. The zero-order valence-corrected chi connectivity index (χ0v) is 12.2. The van der Waals surface area contributed by atoms with Crippen molar-refractivity contribution in [3.05, 3.63) is 0 Å². The minimum atomic E-state index is 0.0985. The van der Waals surface area contributed by atoms with Crippen molar-refractivity contribution in [1.29, 1.82) is 0 Å². The lowest BCUT2D eigenvalue weighted by molar-refractivity contribution is 0.0610. The van der Waals surface area contributed by atoms with Crippen LogP contribution in [-0.4, -0.2) is 67.8 Å². The number of nitrogens with two attached hydrogens (primary N) is 1. The highest BCUT2D eigenvalue weighted by atomic mass is 16.5. The average Bonchev–Trinajstić information content (AvgIpc) is 2.60. The van der Waals surface area contributed by atoms with Crippen molar-refractivity contribution in [1.82, 2.24) is 9.80 Å². The lowest BCUT2D eigenvalue weighted by atomic mass is 9.93. The Kier molecular flexibility index (Phi) is 4.64. The Morgan fingerprint density at radius 2 is 2.00 bits per heavy atom. The maximum atomic E-state index is 6.05. The summed E-state index contributed by atoms with van der Waals surface area (Å²) in [7, 11) is 4.07. The van der Waals surface area contributed by atoms with Crippen LogP contribution in [0.5, 0.6) is 0 Å². The molecule has 4 heteroatoms. The molecule has 0 spiro atoms. The molecule has 0 saturated carbocycles. The van der Waals surface area contributed by atoms with E-state index < -0.39 is 0 Å². The van der Waals surface area contributed by atoms with Crippen LogP contribution in [0.3, 0.4) is 0 Å². The Balaban J connectivity index is 2.03. The van der Waals surface area contributed by atoms with Crippen LogP contribution in [0.4, 0.5) is 0 Å². The highest BCUT2D eigenvalue weighted by Crippen LogP contribution is 2.32. The van der Waals surface area contributed by atoms with E-state index in [1.807, 2.05) is 0 Å². The maximum Gasteiger partial charge on any atom is 0.0480 e. The summed E-state index contributed by atoms with van der Waals surface area (Å²) in [5.74, 6) is 0. The highest BCUT2D eigenvalue weighted by Gasteiger charge is 2.39. The molecule has 0 aromatic heterocycles. The van der Waals surface area contributed by atoms with Crippen molar-refractivity contribution in [2.24, 2.45) is 5.73 Å². The Morgan fingerprint density at radius 1 is 1.28 bits per heavy atom. The molecule has 106 valence electrons. The predicted octanol–water partition coefficient (Wildman–Crippen LogP) is 0.909. The Hall–Kier alpha value is -0.160. The Bertz CT molecular complexity index is 274. The van der Waals surface area contributed by atoms with Crippen molar-refractivity contribution in [3.63, 3.8) is 0 Å². The van der Waals surface area contributed by atoms with Gasteiger partial charge in [-0.3, -0.25) is 9.80 Å². The summed E-state index contributed by atoms with van der Waals surface area (Å²) in [6.45, 7) is 6.17. The second kappa shape index (κ2) is 5.87. The van der Waals surface area contributed by atoms with Crippen LogP contribution >= 0.6 is 0 Å². The summed E-state index contributed by atoms with van der Waals surface area (Å²) in [6, 6.07) is 1.52. The minimum Gasteiger partial charge on any atom is -0.385 e. The number of ether oxygens (including phenoxy) is 1. The molecule has 0 aliphatic carbocycles. The van der Waals surface area contributed by atoms with Crippen molar-refractivity contribution in [2.75, 3.05) is 40.4 Å². The molecule has 2 saturated heterocycles. The topological polar surface area (TPSA) is 41.7 Å². The lowest BCUT2D eigenvalue weighted by Gasteiger charge is -2.41. The van der Waals surface area contributed by atoms with Crippen LogP contribution in [0, 0.1) is 0 Å². The molecule has 3 atom stereocenters. The fourth-order valence-corrected chi connectivity index (χ4v) is 3.51. The van der Waals surface area contributed by atoms with Gasteiger partial charge in [0.2, 0.25) is 0 Å². The molecule has 3 unspecified atom stereocenters. The molecular weight excluding hydrogens is 226 g/mol. The zero-order chi connectivity index (χ0) is 13.2. The number of hydrogen-bond donors (Lipinski definition) is 1. The fraction of sp³-hybridized carbons (Fsp3) is 1.00. The summed E-state index contributed by atoms with van der Waals surface area (Å²) in [6.07, 6.45) is 5.05. The molecule has 2 rings (SSSR count). The number of rotatable bonds is 5. The zero-order valence-electron chi connectivity index (χ0n) is 12.2. The van der Waals surface area contributed by atoms with Crippen molar-refractivity contribution in [2.45, 2.75) is 50.2 Å². The number of hydrogen-bond acceptors (Lipinski definition) is 4. The molecule has 2 bridgehead atoms. The predicted molar refractivity (Wildman–Crippen MR) is 74.7 cm³/mol. The van der Waals surface area contributed by atoms with E-state index in [0.717, 1.165) is 31.7 Å². The van der Waals surface area contributed by atoms with Gasteiger partial charge in [0, 0.05) is 51.0 Å². The lowest BCUT2D eigenvalue weighted by Crippen LogP contribution is -2.54. The fourth-order valence-electron chi connectivity index (χ4n) is 3.51. The maximum absolute atomic E-state index is 6.05. The molecule has 0 radical (unpaired) electrons. The molecule has 18 heavy (non-hydrogen) atoms. The summed E-state index contributed by atoms with van der Waals surface area (Å²) >= 11 is 0. The molecule has 2 aliphatic rings. The van der Waals surface area contributed by atoms with E-state index in [-0.39, 0.29) is 5.54 Å². The molecule has 2 N–H and O–H groups in total. The number of fused-ring (bicyclic) bond motifs is 2. The van der Waals surface area contributed by atoms with Gasteiger partial charge in [-0.1, -0.05) is 0 Å². The number of likely N-dealkylation sites (tertiary alicyclic amines) is 1. The van der Waals surface area contributed by atoms with Crippen LogP contribution in [0.15, 0.2) is 0 Å². The SMILES string of the molecule is COCCC(C)(CN)N1CCC2CCC(C1)N2C. The van der Waals surface area contributed by atoms with Crippen LogP contribution in [0.1, 0.15) is 32.6 Å². The minimum absolute atomic E-state index is 0.0985. The van der Waals surface area contributed by atoms with Gasteiger partial charge in [-0.05, 0) is 39.7 Å².